The summed E-state index contributed by atoms with van der Waals surface area (Å²) >= 11 is 0. The van der Waals surface area contributed by atoms with E-state index in [0.29, 0.717) is 25.9 Å². The van der Waals surface area contributed by atoms with Crippen molar-refractivity contribution >= 4 is 29.2 Å². The second-order valence-electron chi connectivity index (χ2n) is 17.6. The fourth-order valence-electron chi connectivity index (χ4n) is 8.77. The van der Waals surface area contributed by atoms with Crippen molar-refractivity contribution in [3.05, 3.63) is 69.8 Å². The molecule has 0 saturated heterocycles. The number of hydrogen-bond donors (Lipinski definition) is 4. The number of fused-ring (bicyclic) bond motifs is 14. The van der Waals surface area contributed by atoms with E-state index < -0.39 is 94.4 Å². The number of unbranched alkanes of at least 4 members (excludes halogenated alkanes) is 6. The molecule has 0 spiro atoms. The Morgan fingerprint density at radius 2 is 1.46 bits per heavy atom. The van der Waals surface area contributed by atoms with Gasteiger partial charge in [0.05, 0.1) is 41.3 Å². The molecule has 5 rings (SSSR count). The number of hydrogen-bond acceptors (Lipinski definition) is 13. The van der Waals surface area contributed by atoms with E-state index in [9.17, 15) is 34.5 Å². The van der Waals surface area contributed by atoms with Crippen molar-refractivity contribution < 1.29 is 58.2 Å². The molecule has 0 aromatic heterocycles. The van der Waals surface area contributed by atoms with Crippen LogP contribution in [0.25, 0.3) is 0 Å². The number of ether oxygens (including phenoxy) is 4. The van der Waals surface area contributed by atoms with E-state index in [0.717, 1.165) is 38.5 Å². The van der Waals surface area contributed by atoms with Crippen LogP contribution in [0.1, 0.15) is 150 Å². The van der Waals surface area contributed by atoms with Gasteiger partial charge >= 0.3 is 11.8 Å². The average molecular weight is 879 g/mol. The maximum Gasteiger partial charge on any atom is 0.312 e. The Hall–Kier alpha value is -4.79. The van der Waals surface area contributed by atoms with Gasteiger partial charge in [-0.3, -0.25) is 24.0 Å². The predicted octanol–water partition coefficient (Wildman–Crippen LogP) is 7.42. The molecule has 4 N–H and O–H groups in total. The lowest BCUT2D eigenvalue weighted by atomic mass is 9.78. The topological polar surface area (TPSA) is 198 Å². The van der Waals surface area contributed by atoms with Crippen molar-refractivity contribution in [2.45, 2.75) is 151 Å². The molecule has 9 unspecified atom stereocenters. The van der Waals surface area contributed by atoms with Gasteiger partial charge < -0.3 is 44.5 Å². The molecular formula is C49H70N2O12. The number of phenols is 1. The first-order valence-corrected chi connectivity index (χ1v) is 22.6. The molecular weight excluding hydrogens is 809 g/mol. The van der Waals surface area contributed by atoms with Crippen molar-refractivity contribution in [3.63, 3.8) is 0 Å². The first-order chi connectivity index (χ1) is 29.8. The third-order valence-corrected chi connectivity index (χ3v) is 12.8. The molecule has 63 heavy (non-hydrogen) atoms. The zero-order valence-electron chi connectivity index (χ0n) is 39.0. The smallest absolute Gasteiger partial charge is 0.312 e. The molecule has 1 aromatic rings. The second-order valence-corrected chi connectivity index (χ2v) is 17.6. The van der Waals surface area contributed by atoms with E-state index in [4.69, 9.17) is 18.9 Å². The van der Waals surface area contributed by atoms with Gasteiger partial charge in [-0.1, -0.05) is 98.3 Å². The summed E-state index contributed by atoms with van der Waals surface area (Å²) in [5, 5.41) is 37.4. The lowest BCUT2D eigenvalue weighted by Crippen LogP contribution is -2.46. The van der Waals surface area contributed by atoms with Gasteiger partial charge in [0, 0.05) is 68.9 Å². The number of ketones is 3. The Labute approximate surface area is 372 Å². The monoisotopic (exact) mass is 878 g/mol. The largest absolute Gasteiger partial charge is 0.507 e. The van der Waals surface area contributed by atoms with E-state index >= 15 is 4.79 Å². The summed E-state index contributed by atoms with van der Waals surface area (Å²) in [6.07, 6.45) is 10.6. The molecule has 0 saturated carbocycles. The van der Waals surface area contributed by atoms with Gasteiger partial charge in [-0.05, 0) is 32.8 Å². The standard InChI is InChI=1S/C49H70N2O12/c1-12-14-16-18-24-51(25-19-17-15-13-2)39-38-43(56)36-35(44(39)57)37-46(32(8)42(36)55)63-49(10,47(37)58)61-26-23-34(60-11)29(5)45(62-33(9)52)31(7)41(54)30(6)40(53)27(3)21-20-22-28(4)48(59)50-38/h20-23,26-27,29-31,34,40-41,45,53-55H,12-19,24-25H2,1-11H3,(H,50,59)/b21-20+,26-23+,28-22-. The molecule has 3 heterocycles. The zero-order chi connectivity index (χ0) is 46.9. The summed E-state index contributed by atoms with van der Waals surface area (Å²) in [6.45, 7) is 17.5. The SMILES string of the molecule is CCCCCCN(CCCCCC)C1=C2NC(=O)/C(C)=C\C=C\C(C)C(O)C(C)C(O)C(C)C(OC(C)=O)C(C)C(OC)/C=C/OC3(C)Oc4c(C)c(O)c(c(c4C3=O)C1=O)C2=O. The highest BCUT2D eigenvalue weighted by atomic mass is 16.7. The van der Waals surface area contributed by atoms with Crippen molar-refractivity contribution in [3.8, 4) is 11.5 Å². The van der Waals surface area contributed by atoms with E-state index in [-0.39, 0.29) is 39.4 Å². The number of Topliss-reactive ketones (excluding diaryl/α,β-unsaturated/α-hetero) is 3. The van der Waals surface area contributed by atoms with Crippen LogP contribution in [0.15, 0.2) is 47.5 Å². The van der Waals surface area contributed by atoms with Gasteiger partial charge in [0.2, 0.25) is 11.6 Å². The fraction of sp³-hybridized carbons (Fsp3) is 0.612. The van der Waals surface area contributed by atoms with Crippen molar-refractivity contribution in [1.29, 1.82) is 0 Å². The number of carbonyl (C=O) groups is 5. The molecule has 1 amide bonds. The highest BCUT2D eigenvalue weighted by molar-refractivity contribution is 6.32. The highest BCUT2D eigenvalue weighted by Gasteiger charge is 2.53. The van der Waals surface area contributed by atoms with Gasteiger partial charge in [-0.25, -0.2) is 0 Å². The Bertz CT molecular complexity index is 1990. The van der Waals surface area contributed by atoms with Crippen LogP contribution >= 0.6 is 0 Å². The third-order valence-electron chi connectivity index (χ3n) is 12.8. The van der Waals surface area contributed by atoms with Gasteiger partial charge in [0.25, 0.3) is 11.7 Å². The van der Waals surface area contributed by atoms with Crippen molar-refractivity contribution in [2.75, 3.05) is 20.2 Å². The summed E-state index contributed by atoms with van der Waals surface area (Å²) in [4.78, 5) is 72.9. The summed E-state index contributed by atoms with van der Waals surface area (Å²) in [6, 6.07) is 0. The molecule has 9 atom stereocenters. The quantitative estimate of drug-likeness (QED) is 0.113. The maximum atomic E-state index is 15.2. The Kier molecular flexibility index (Phi) is 17.9. The number of rotatable bonds is 13. The summed E-state index contributed by atoms with van der Waals surface area (Å²) < 4.78 is 23.8. The fourth-order valence-corrected chi connectivity index (χ4v) is 8.77. The molecule has 1 aromatic carbocycles. The number of aliphatic hydroxyl groups is 2. The average Bonchev–Trinajstić information content (AvgIpc) is 3.51. The summed E-state index contributed by atoms with van der Waals surface area (Å²) in [5.41, 5.74) is -1.14. The Morgan fingerprint density at radius 1 is 0.841 bits per heavy atom. The van der Waals surface area contributed by atoms with Crippen LogP contribution in [0.4, 0.5) is 0 Å². The Balaban J connectivity index is 1.96. The number of nitrogens with one attached hydrogen (secondary N) is 1. The number of allylic oxidation sites excluding steroid dienone is 4. The molecule has 1 aliphatic carbocycles. The van der Waals surface area contributed by atoms with Gasteiger partial charge in [0.1, 0.15) is 29.0 Å². The minimum Gasteiger partial charge on any atom is -0.507 e. The molecule has 14 heteroatoms. The molecule has 0 radical (unpaired) electrons. The first kappa shape index (κ1) is 50.9. The number of amides is 1. The Morgan fingerprint density at radius 3 is 2.03 bits per heavy atom. The third kappa shape index (κ3) is 11.1. The van der Waals surface area contributed by atoms with Gasteiger partial charge in [-0.15, -0.1) is 0 Å². The van der Waals surface area contributed by atoms with E-state index in [1.54, 1.807) is 46.8 Å². The number of aromatic hydroxyl groups is 1. The predicted molar refractivity (Wildman–Crippen MR) is 238 cm³/mol. The summed E-state index contributed by atoms with van der Waals surface area (Å²) in [5.74, 6) is -8.84. The van der Waals surface area contributed by atoms with Crippen LogP contribution in [0.3, 0.4) is 0 Å². The molecule has 4 aliphatic rings. The number of methoxy groups -OCH3 is 1. The molecule has 348 valence electrons. The van der Waals surface area contributed by atoms with Crippen LogP contribution in [-0.2, 0) is 23.8 Å². The van der Waals surface area contributed by atoms with Gasteiger partial charge in [0.15, 0.2) is 0 Å². The molecule has 14 nitrogen and oxygen atoms in total. The highest BCUT2D eigenvalue weighted by Crippen LogP contribution is 2.49. The van der Waals surface area contributed by atoms with Crippen LogP contribution < -0.4 is 10.1 Å². The van der Waals surface area contributed by atoms with Crippen LogP contribution in [0.2, 0.25) is 0 Å². The normalized spacial score (nSPS) is 30.0. The number of nitrogens with zero attached hydrogens (tertiary/aromatic N) is 1. The minimum absolute atomic E-state index is 0.0251. The van der Waals surface area contributed by atoms with Crippen molar-refractivity contribution in [1.82, 2.24) is 10.2 Å². The van der Waals surface area contributed by atoms with E-state index in [2.05, 4.69) is 19.2 Å². The van der Waals surface area contributed by atoms with Gasteiger partial charge in [-0.2, -0.15) is 0 Å². The lowest BCUT2D eigenvalue weighted by Gasteiger charge is -2.38. The number of aliphatic hydroxyl groups excluding tert-OH is 2. The number of carbonyl (C=O) groups excluding carboxylic acids is 5. The van der Waals surface area contributed by atoms with E-state index in [1.807, 2.05) is 4.90 Å². The van der Waals surface area contributed by atoms with Crippen molar-refractivity contribution in [2.24, 2.45) is 23.7 Å². The molecule has 5 bridgehead atoms. The van der Waals surface area contributed by atoms with E-state index in [1.165, 1.54) is 46.3 Å². The van der Waals surface area contributed by atoms with Crippen LogP contribution in [0.5, 0.6) is 11.5 Å². The zero-order valence-corrected chi connectivity index (χ0v) is 39.0. The first-order valence-electron chi connectivity index (χ1n) is 22.6. The number of benzene rings is 1. The molecule has 0 fully saturated rings. The number of esters is 1. The molecule has 3 aliphatic heterocycles. The summed E-state index contributed by atoms with van der Waals surface area (Å²) in [7, 11) is 1.44. The number of phenolic OH excluding ortho intramolecular Hbond substituents is 1. The maximum absolute atomic E-state index is 15.2. The van der Waals surface area contributed by atoms with Crippen LogP contribution in [-0.4, -0.2) is 99.8 Å². The van der Waals surface area contributed by atoms with Crippen LogP contribution in [0, 0.1) is 30.6 Å². The second kappa shape index (κ2) is 22.2. The minimum atomic E-state index is -2.07. The lowest BCUT2D eigenvalue weighted by molar-refractivity contribution is -0.160.